The average molecular weight is 447 g/mol. The average Bonchev–Trinajstić information content (AvgIpc) is 2.78. The van der Waals surface area contributed by atoms with Gasteiger partial charge in [0, 0.05) is 37.0 Å². The van der Waals surface area contributed by atoms with Crippen LogP contribution in [0.2, 0.25) is 0 Å². The number of nitrogens with zero attached hydrogens (tertiary/aromatic N) is 2. The Morgan fingerprint density at radius 3 is 2.70 bits per heavy atom. The van der Waals surface area contributed by atoms with Gasteiger partial charge in [-0.15, -0.1) is 0 Å². The van der Waals surface area contributed by atoms with Crippen LogP contribution in [-0.2, 0) is 11.8 Å². The number of urea groups is 1. The Bertz CT molecular complexity index is 1050. The molecule has 2 amide bonds. The van der Waals surface area contributed by atoms with Crippen LogP contribution < -0.4 is 5.32 Å². The molecule has 1 heterocycles. The van der Waals surface area contributed by atoms with E-state index in [1.54, 1.807) is 6.07 Å². The van der Waals surface area contributed by atoms with Crippen LogP contribution >= 0.6 is 0 Å². The maximum atomic E-state index is 13.4. The molecule has 3 aliphatic rings. The summed E-state index contributed by atoms with van der Waals surface area (Å²) < 4.78 is 0. The molecule has 5 rings (SSSR count). The van der Waals surface area contributed by atoms with Gasteiger partial charge >= 0.3 is 6.03 Å². The minimum absolute atomic E-state index is 0.0153. The van der Waals surface area contributed by atoms with E-state index in [9.17, 15) is 9.90 Å². The summed E-state index contributed by atoms with van der Waals surface area (Å²) >= 11 is 0. The number of hydrogen-bond donors (Lipinski definition) is 3. The van der Waals surface area contributed by atoms with Crippen molar-refractivity contribution in [2.24, 2.45) is 5.92 Å². The second kappa shape index (κ2) is 8.49. The molecule has 33 heavy (non-hydrogen) atoms. The summed E-state index contributed by atoms with van der Waals surface area (Å²) in [5.74, 6) is 1.07. The first-order valence-electron chi connectivity index (χ1n) is 12.1. The number of fused-ring (bicyclic) bond motifs is 4. The number of rotatable bonds is 5. The number of phenolic OH excluding ortho intramolecular Hbond substituents is 1. The second-order valence-electron chi connectivity index (χ2n) is 10.3. The third kappa shape index (κ3) is 3.90. The molecular formula is C27H34N4O2. The zero-order valence-electron chi connectivity index (χ0n) is 19.6. The fourth-order valence-electron chi connectivity index (χ4n) is 6.27. The molecule has 1 aliphatic heterocycles. The zero-order valence-corrected chi connectivity index (χ0v) is 19.6. The fraction of sp³-hybridized carbons (Fsp3) is 0.481. The fourth-order valence-corrected chi connectivity index (χ4v) is 6.27. The van der Waals surface area contributed by atoms with Gasteiger partial charge in [0.25, 0.3) is 0 Å². The second-order valence-corrected chi connectivity index (χ2v) is 10.3. The van der Waals surface area contributed by atoms with Crippen molar-refractivity contribution >= 4 is 17.9 Å². The van der Waals surface area contributed by atoms with Crippen molar-refractivity contribution in [3.63, 3.8) is 0 Å². The van der Waals surface area contributed by atoms with Gasteiger partial charge in [-0.25, -0.2) is 4.79 Å². The molecule has 174 valence electrons. The van der Waals surface area contributed by atoms with Crippen molar-refractivity contribution in [1.29, 1.82) is 5.41 Å². The molecule has 2 aromatic carbocycles. The summed E-state index contributed by atoms with van der Waals surface area (Å²) in [5.41, 5.74) is 3.79. The van der Waals surface area contributed by atoms with E-state index >= 15 is 0 Å². The number of anilines is 1. The lowest BCUT2D eigenvalue weighted by Crippen LogP contribution is -2.68. The van der Waals surface area contributed by atoms with E-state index in [1.165, 1.54) is 36.6 Å². The molecule has 0 aromatic heterocycles. The number of phenols is 1. The molecule has 2 bridgehead atoms. The van der Waals surface area contributed by atoms with Gasteiger partial charge in [0.05, 0.1) is 6.04 Å². The maximum absolute atomic E-state index is 13.4. The lowest BCUT2D eigenvalue weighted by Gasteiger charge is -2.58. The number of hydrogen-bond acceptors (Lipinski definition) is 4. The minimum Gasteiger partial charge on any atom is -0.508 e. The highest BCUT2D eigenvalue weighted by Gasteiger charge is 2.53. The number of likely N-dealkylation sites (tertiary alicyclic amines) is 1. The van der Waals surface area contributed by atoms with Gasteiger partial charge in [-0.2, -0.15) is 0 Å². The smallest absolute Gasteiger partial charge is 0.321 e. The molecule has 0 spiro atoms. The number of amides is 2. The highest BCUT2D eigenvalue weighted by molar-refractivity contribution is 5.90. The van der Waals surface area contributed by atoms with Crippen LogP contribution in [0, 0.1) is 11.3 Å². The van der Waals surface area contributed by atoms with Gasteiger partial charge in [0.2, 0.25) is 0 Å². The third-order valence-corrected chi connectivity index (χ3v) is 8.33. The van der Waals surface area contributed by atoms with Crippen molar-refractivity contribution in [2.45, 2.75) is 56.5 Å². The SMILES string of the molecule is CN(C(=O)Nc1ccc(C=N)cc1)C1C2Cc3ccc(O)cc3C1(C)CCN2CC1CCC1. The van der Waals surface area contributed by atoms with E-state index in [-0.39, 0.29) is 23.5 Å². The van der Waals surface area contributed by atoms with E-state index in [0.717, 1.165) is 43.1 Å². The molecule has 1 saturated heterocycles. The van der Waals surface area contributed by atoms with E-state index < -0.39 is 0 Å². The number of nitrogens with one attached hydrogen (secondary N) is 2. The van der Waals surface area contributed by atoms with Crippen molar-refractivity contribution in [2.75, 3.05) is 25.5 Å². The van der Waals surface area contributed by atoms with Crippen LogP contribution in [0.5, 0.6) is 5.75 Å². The van der Waals surface area contributed by atoms with E-state index in [1.807, 2.05) is 42.3 Å². The predicted octanol–water partition coefficient (Wildman–Crippen LogP) is 4.61. The quantitative estimate of drug-likeness (QED) is 0.587. The van der Waals surface area contributed by atoms with E-state index in [0.29, 0.717) is 5.75 Å². The normalized spacial score (nSPS) is 26.7. The molecule has 6 nitrogen and oxygen atoms in total. The van der Waals surface area contributed by atoms with Crippen molar-refractivity contribution in [3.05, 3.63) is 59.2 Å². The van der Waals surface area contributed by atoms with Crippen LogP contribution in [0.3, 0.4) is 0 Å². The van der Waals surface area contributed by atoms with Gasteiger partial charge < -0.3 is 20.7 Å². The Morgan fingerprint density at radius 1 is 1.27 bits per heavy atom. The van der Waals surface area contributed by atoms with Crippen LogP contribution in [-0.4, -0.2) is 59.4 Å². The minimum atomic E-state index is -0.219. The Labute approximate surface area is 196 Å². The molecular weight excluding hydrogens is 412 g/mol. The molecule has 2 aromatic rings. The van der Waals surface area contributed by atoms with E-state index in [4.69, 9.17) is 5.41 Å². The molecule has 0 radical (unpaired) electrons. The van der Waals surface area contributed by atoms with Crippen LogP contribution in [0.25, 0.3) is 0 Å². The summed E-state index contributed by atoms with van der Waals surface area (Å²) in [6, 6.07) is 13.3. The number of aromatic hydroxyl groups is 1. The summed E-state index contributed by atoms with van der Waals surface area (Å²) in [6.07, 6.45) is 7.13. The summed E-state index contributed by atoms with van der Waals surface area (Å²) in [4.78, 5) is 17.9. The Kier molecular flexibility index (Phi) is 5.65. The summed E-state index contributed by atoms with van der Waals surface area (Å²) in [5, 5.41) is 20.7. The zero-order chi connectivity index (χ0) is 23.2. The maximum Gasteiger partial charge on any atom is 0.321 e. The summed E-state index contributed by atoms with van der Waals surface area (Å²) in [6.45, 7) is 4.42. The predicted molar refractivity (Wildman–Crippen MR) is 131 cm³/mol. The van der Waals surface area contributed by atoms with Crippen molar-refractivity contribution in [1.82, 2.24) is 9.80 Å². The first-order chi connectivity index (χ1) is 15.9. The van der Waals surface area contributed by atoms with Gasteiger partial charge in [0.15, 0.2) is 0 Å². The first-order valence-corrected chi connectivity index (χ1v) is 12.1. The molecule has 2 fully saturated rings. The number of benzene rings is 2. The Hall–Kier alpha value is -2.86. The highest BCUT2D eigenvalue weighted by Crippen LogP contribution is 2.48. The number of carbonyl (C=O) groups excluding carboxylic acids is 1. The lowest BCUT2D eigenvalue weighted by atomic mass is 9.61. The molecule has 3 unspecified atom stereocenters. The number of carbonyl (C=O) groups is 1. The molecule has 6 heteroatoms. The van der Waals surface area contributed by atoms with Gasteiger partial charge in [-0.3, -0.25) is 4.90 Å². The lowest BCUT2D eigenvalue weighted by molar-refractivity contribution is -0.00720. The van der Waals surface area contributed by atoms with Crippen molar-refractivity contribution in [3.8, 4) is 5.75 Å². The number of likely N-dealkylation sites (N-methyl/N-ethyl adjacent to an activating group) is 1. The topological polar surface area (TPSA) is 79.7 Å². The molecule has 3 atom stereocenters. The molecule has 1 saturated carbocycles. The first kappa shape index (κ1) is 22.0. The van der Waals surface area contributed by atoms with E-state index in [2.05, 4.69) is 23.2 Å². The monoisotopic (exact) mass is 446 g/mol. The molecule has 2 aliphatic carbocycles. The number of piperidine rings is 1. The standard InChI is InChI=1S/C27H34N4O2/c1-27-12-13-31(17-19-4-3-5-19)24(14-20-8-11-22(32)15-23(20)27)25(27)30(2)26(33)29-21-9-6-18(16-28)7-10-21/h6-11,15-16,19,24-25,28,32H,3-5,12-14,17H2,1-2H3,(H,29,33). The van der Waals surface area contributed by atoms with Crippen LogP contribution in [0.1, 0.15) is 49.3 Å². The largest absolute Gasteiger partial charge is 0.508 e. The van der Waals surface area contributed by atoms with Gasteiger partial charge in [-0.05, 0) is 79.1 Å². The Morgan fingerprint density at radius 2 is 2.03 bits per heavy atom. The van der Waals surface area contributed by atoms with Crippen molar-refractivity contribution < 1.29 is 9.90 Å². The van der Waals surface area contributed by atoms with Crippen LogP contribution in [0.4, 0.5) is 10.5 Å². The van der Waals surface area contributed by atoms with Crippen LogP contribution in [0.15, 0.2) is 42.5 Å². The molecule has 3 N–H and O–H groups in total. The highest BCUT2D eigenvalue weighted by atomic mass is 16.3. The van der Waals surface area contributed by atoms with Gasteiger partial charge in [-0.1, -0.05) is 31.5 Å². The Balaban J connectivity index is 1.45. The van der Waals surface area contributed by atoms with Gasteiger partial charge in [0.1, 0.15) is 5.75 Å². The summed E-state index contributed by atoms with van der Waals surface area (Å²) in [7, 11) is 1.91. The third-order valence-electron chi connectivity index (χ3n) is 8.33.